The number of rotatable bonds is 15. The number of para-hydroxylation sites is 1. The summed E-state index contributed by atoms with van der Waals surface area (Å²) in [7, 11) is 0. The highest BCUT2D eigenvalue weighted by atomic mass is 16.5. The third-order valence-electron chi connectivity index (χ3n) is 4.26. The fourth-order valence-electron chi connectivity index (χ4n) is 2.71. The van der Waals surface area contributed by atoms with Crippen LogP contribution in [0.25, 0.3) is 0 Å². The highest BCUT2D eigenvalue weighted by Crippen LogP contribution is 2.20. The Kier molecular flexibility index (Phi) is 12.7. The van der Waals surface area contributed by atoms with Gasteiger partial charge >= 0.3 is 0 Å². The molecule has 0 aliphatic carbocycles. The third-order valence-corrected chi connectivity index (χ3v) is 4.26. The van der Waals surface area contributed by atoms with E-state index in [0.29, 0.717) is 44.9 Å². The average molecular weight is 408 g/mol. The quantitative estimate of drug-likeness (QED) is 0.332. The molecule has 0 aliphatic heterocycles. The van der Waals surface area contributed by atoms with Gasteiger partial charge in [0.25, 0.3) is 0 Å². The Morgan fingerprint density at radius 3 is 2.38 bits per heavy atom. The maximum atomic E-state index is 11.9. The molecule has 0 heterocycles. The van der Waals surface area contributed by atoms with E-state index in [1.54, 1.807) is 0 Å². The molecule has 164 valence electrons. The average Bonchev–Trinajstić information content (AvgIpc) is 2.69. The van der Waals surface area contributed by atoms with Gasteiger partial charge in [0.1, 0.15) is 18.5 Å². The number of hydrogen-bond donors (Lipinski definition) is 4. The number of nitrogens with one attached hydrogen (secondary N) is 3. The van der Waals surface area contributed by atoms with Crippen molar-refractivity contribution in [3.8, 4) is 5.75 Å². The van der Waals surface area contributed by atoms with E-state index in [0.717, 1.165) is 24.2 Å². The van der Waals surface area contributed by atoms with E-state index in [1.807, 2.05) is 45.0 Å². The highest BCUT2D eigenvalue weighted by molar-refractivity contribution is 5.77. The van der Waals surface area contributed by atoms with Gasteiger partial charge in [-0.2, -0.15) is 0 Å². The smallest absolute Gasteiger partial charge is 0.220 e. The predicted molar refractivity (Wildman–Crippen MR) is 115 cm³/mol. The van der Waals surface area contributed by atoms with Gasteiger partial charge in [0.15, 0.2) is 0 Å². The lowest BCUT2D eigenvalue weighted by molar-refractivity contribution is -0.123. The van der Waals surface area contributed by atoms with Crippen LogP contribution in [0, 0.1) is 0 Å². The fourth-order valence-corrected chi connectivity index (χ4v) is 2.71. The van der Waals surface area contributed by atoms with Crippen LogP contribution in [0.3, 0.4) is 0 Å². The lowest BCUT2D eigenvalue weighted by Gasteiger charge is -2.16. The van der Waals surface area contributed by atoms with Crippen LogP contribution in [0.15, 0.2) is 24.3 Å². The van der Waals surface area contributed by atoms with Gasteiger partial charge in [0, 0.05) is 38.5 Å². The molecular formula is C22H37N3O4. The molecule has 0 saturated carbocycles. The van der Waals surface area contributed by atoms with Gasteiger partial charge in [0.05, 0.1) is 0 Å². The van der Waals surface area contributed by atoms with Gasteiger partial charge in [-0.25, -0.2) is 0 Å². The van der Waals surface area contributed by atoms with Crippen molar-refractivity contribution in [1.82, 2.24) is 16.0 Å². The van der Waals surface area contributed by atoms with Gasteiger partial charge in [-0.1, -0.05) is 39.0 Å². The number of hydrogen-bond acceptors (Lipinski definition) is 5. The summed E-state index contributed by atoms with van der Waals surface area (Å²) in [5.74, 6) is 0.738. The van der Waals surface area contributed by atoms with E-state index in [-0.39, 0.29) is 18.4 Å². The van der Waals surface area contributed by atoms with E-state index in [1.165, 1.54) is 0 Å². The van der Waals surface area contributed by atoms with Crippen LogP contribution < -0.4 is 20.7 Å². The van der Waals surface area contributed by atoms with Crippen LogP contribution in [0.4, 0.5) is 0 Å². The zero-order chi connectivity index (χ0) is 21.5. The van der Waals surface area contributed by atoms with Crippen molar-refractivity contribution < 1.29 is 19.4 Å². The van der Waals surface area contributed by atoms with Crippen LogP contribution in [0.1, 0.15) is 52.0 Å². The molecule has 0 saturated heterocycles. The first kappa shape index (κ1) is 24.9. The normalized spacial score (nSPS) is 11.9. The molecule has 0 fully saturated rings. The molecule has 1 aromatic rings. The summed E-state index contributed by atoms with van der Waals surface area (Å²) in [6.45, 7) is 7.62. The molecule has 1 atom stereocenters. The Morgan fingerprint density at radius 2 is 1.72 bits per heavy atom. The molecular weight excluding hydrogens is 370 g/mol. The van der Waals surface area contributed by atoms with Crippen molar-refractivity contribution in [2.45, 2.75) is 65.0 Å². The largest absolute Gasteiger partial charge is 0.491 e. The third kappa shape index (κ3) is 12.1. The summed E-state index contributed by atoms with van der Waals surface area (Å²) in [5.41, 5.74) is 1.02. The van der Waals surface area contributed by atoms with Gasteiger partial charge in [-0.3, -0.25) is 9.59 Å². The molecule has 2 amide bonds. The summed E-state index contributed by atoms with van der Waals surface area (Å²) in [6.07, 6.45) is 2.59. The van der Waals surface area contributed by atoms with E-state index in [9.17, 15) is 14.7 Å². The molecule has 0 aliphatic rings. The summed E-state index contributed by atoms with van der Waals surface area (Å²) >= 11 is 0. The SMILES string of the molecule is CCCC(=O)NCCNC(=O)CCCc1ccccc1OC[C@@H](O)CNC(C)C. The molecule has 0 radical (unpaired) electrons. The zero-order valence-corrected chi connectivity index (χ0v) is 18.0. The number of benzene rings is 1. The van der Waals surface area contributed by atoms with E-state index in [4.69, 9.17) is 4.74 Å². The Balaban J connectivity index is 2.28. The lowest BCUT2D eigenvalue weighted by Crippen LogP contribution is -2.35. The fraction of sp³-hybridized carbons (Fsp3) is 0.636. The predicted octanol–water partition coefficient (Wildman–Crippen LogP) is 1.78. The second-order valence-electron chi connectivity index (χ2n) is 7.44. The highest BCUT2D eigenvalue weighted by Gasteiger charge is 2.09. The van der Waals surface area contributed by atoms with Gasteiger partial charge in [0.2, 0.25) is 11.8 Å². The Hall–Kier alpha value is -2.12. The summed E-state index contributed by atoms with van der Waals surface area (Å²) in [5, 5.41) is 18.8. The first-order chi connectivity index (χ1) is 13.9. The standard InChI is InChI=1S/C22H37N3O4/c1-4-8-21(27)23-13-14-24-22(28)12-7-10-18-9-5-6-11-20(18)29-16-19(26)15-25-17(2)3/h5-6,9,11,17,19,25-26H,4,7-8,10,12-16H2,1-3H3,(H,23,27)(H,24,28)/t19-/m0/s1. The van der Waals surface area contributed by atoms with Gasteiger partial charge < -0.3 is 25.8 Å². The number of carbonyl (C=O) groups is 2. The zero-order valence-electron chi connectivity index (χ0n) is 18.0. The number of ether oxygens (including phenoxy) is 1. The molecule has 1 aromatic carbocycles. The van der Waals surface area contributed by atoms with Crippen molar-refractivity contribution in [3.05, 3.63) is 29.8 Å². The minimum Gasteiger partial charge on any atom is -0.491 e. The van der Waals surface area contributed by atoms with Crippen molar-refractivity contribution >= 4 is 11.8 Å². The number of aryl methyl sites for hydroxylation is 1. The molecule has 0 spiro atoms. The van der Waals surface area contributed by atoms with Crippen molar-refractivity contribution in [3.63, 3.8) is 0 Å². The van der Waals surface area contributed by atoms with Gasteiger partial charge in [-0.05, 0) is 30.9 Å². The number of aliphatic hydroxyl groups is 1. The molecule has 1 rings (SSSR count). The Labute approximate surface area is 174 Å². The second-order valence-corrected chi connectivity index (χ2v) is 7.44. The maximum absolute atomic E-state index is 11.9. The minimum absolute atomic E-state index is 0.0171. The first-order valence-electron chi connectivity index (χ1n) is 10.6. The minimum atomic E-state index is -0.575. The van der Waals surface area contributed by atoms with Gasteiger partial charge in [-0.15, -0.1) is 0 Å². The van der Waals surface area contributed by atoms with E-state index < -0.39 is 6.10 Å². The summed E-state index contributed by atoms with van der Waals surface area (Å²) < 4.78 is 5.78. The molecule has 7 nitrogen and oxygen atoms in total. The van der Waals surface area contributed by atoms with E-state index in [2.05, 4.69) is 16.0 Å². The summed E-state index contributed by atoms with van der Waals surface area (Å²) in [4.78, 5) is 23.3. The van der Waals surface area contributed by atoms with Crippen LogP contribution in [0.5, 0.6) is 5.75 Å². The first-order valence-corrected chi connectivity index (χ1v) is 10.6. The summed E-state index contributed by atoms with van der Waals surface area (Å²) in [6, 6.07) is 8.03. The molecule has 0 unspecified atom stereocenters. The molecule has 0 aromatic heterocycles. The van der Waals surface area contributed by atoms with Crippen LogP contribution in [0.2, 0.25) is 0 Å². The number of carbonyl (C=O) groups excluding carboxylic acids is 2. The number of amides is 2. The number of aliphatic hydroxyl groups excluding tert-OH is 1. The van der Waals surface area contributed by atoms with Crippen LogP contribution >= 0.6 is 0 Å². The van der Waals surface area contributed by atoms with Crippen LogP contribution in [-0.2, 0) is 16.0 Å². The topological polar surface area (TPSA) is 99.7 Å². The second kappa shape index (κ2) is 14.8. The van der Waals surface area contributed by atoms with Crippen molar-refractivity contribution in [1.29, 1.82) is 0 Å². The molecule has 4 N–H and O–H groups in total. The Morgan fingerprint density at radius 1 is 1.07 bits per heavy atom. The molecule has 29 heavy (non-hydrogen) atoms. The van der Waals surface area contributed by atoms with Crippen molar-refractivity contribution in [2.75, 3.05) is 26.2 Å². The molecule has 7 heteroatoms. The molecule has 0 bridgehead atoms. The van der Waals surface area contributed by atoms with Crippen LogP contribution in [-0.4, -0.2) is 55.3 Å². The van der Waals surface area contributed by atoms with E-state index >= 15 is 0 Å². The lowest BCUT2D eigenvalue weighted by atomic mass is 10.1. The maximum Gasteiger partial charge on any atom is 0.220 e. The van der Waals surface area contributed by atoms with Crippen molar-refractivity contribution in [2.24, 2.45) is 0 Å². The monoisotopic (exact) mass is 407 g/mol. The Bertz CT molecular complexity index is 607.